The van der Waals surface area contributed by atoms with Gasteiger partial charge in [0.1, 0.15) is 0 Å². The van der Waals surface area contributed by atoms with Gasteiger partial charge in [0, 0.05) is 13.1 Å². The van der Waals surface area contributed by atoms with E-state index in [-0.39, 0.29) is 26.3 Å². The predicted octanol–water partition coefficient (Wildman–Crippen LogP) is -0.102. The fourth-order valence-corrected chi connectivity index (χ4v) is 1.72. The second kappa shape index (κ2) is 8.29. The number of hydrogen-bond acceptors (Lipinski definition) is 5. The van der Waals surface area contributed by atoms with Gasteiger partial charge in [-0.1, -0.05) is 30.3 Å². The summed E-state index contributed by atoms with van der Waals surface area (Å²) in [6.45, 7) is 2.01. The van der Waals surface area contributed by atoms with Gasteiger partial charge < -0.3 is 20.5 Å². The summed E-state index contributed by atoms with van der Waals surface area (Å²) in [6, 6.07) is 7.92. The standard InChI is InChI=1S/C14H20N2O4/c1-2-20-14(19)12(15)13(18)16(8-9-17)10-11-6-4-3-5-7-11/h3-7,12,17H,2,8-10,15H2,1H3. The van der Waals surface area contributed by atoms with Crippen molar-refractivity contribution < 1.29 is 19.4 Å². The van der Waals surface area contributed by atoms with Crippen molar-refractivity contribution in [2.45, 2.75) is 19.5 Å². The fourth-order valence-electron chi connectivity index (χ4n) is 1.72. The molecule has 3 N–H and O–H groups in total. The number of amides is 1. The molecule has 6 heteroatoms. The Morgan fingerprint density at radius 1 is 1.35 bits per heavy atom. The normalized spacial score (nSPS) is 11.8. The van der Waals surface area contributed by atoms with Gasteiger partial charge in [0.25, 0.3) is 5.91 Å². The topological polar surface area (TPSA) is 92.9 Å². The number of benzene rings is 1. The molecule has 1 atom stereocenters. The van der Waals surface area contributed by atoms with Gasteiger partial charge in [-0.15, -0.1) is 0 Å². The van der Waals surface area contributed by atoms with E-state index in [0.717, 1.165) is 5.56 Å². The van der Waals surface area contributed by atoms with Gasteiger partial charge in [-0.25, -0.2) is 4.79 Å². The van der Waals surface area contributed by atoms with Gasteiger partial charge in [-0.05, 0) is 12.5 Å². The lowest BCUT2D eigenvalue weighted by atomic mass is 10.2. The molecule has 0 saturated heterocycles. The summed E-state index contributed by atoms with van der Waals surface area (Å²) < 4.78 is 4.73. The van der Waals surface area contributed by atoms with Crippen LogP contribution in [0.15, 0.2) is 30.3 Å². The number of rotatable bonds is 7. The lowest BCUT2D eigenvalue weighted by Crippen LogP contribution is -2.49. The second-order valence-electron chi connectivity index (χ2n) is 4.20. The second-order valence-corrected chi connectivity index (χ2v) is 4.20. The summed E-state index contributed by atoms with van der Waals surface area (Å²) in [5.41, 5.74) is 6.48. The number of aliphatic hydroxyl groups is 1. The summed E-state index contributed by atoms with van der Waals surface area (Å²) >= 11 is 0. The van der Waals surface area contributed by atoms with Crippen molar-refractivity contribution in [3.05, 3.63) is 35.9 Å². The first-order valence-corrected chi connectivity index (χ1v) is 6.46. The Bertz CT molecular complexity index is 436. The zero-order chi connectivity index (χ0) is 15.0. The Morgan fingerprint density at radius 2 is 2.00 bits per heavy atom. The molecular formula is C14H20N2O4. The zero-order valence-electron chi connectivity index (χ0n) is 11.5. The highest BCUT2D eigenvalue weighted by Crippen LogP contribution is 2.06. The van der Waals surface area contributed by atoms with Crippen LogP contribution in [0.1, 0.15) is 12.5 Å². The fraction of sp³-hybridized carbons (Fsp3) is 0.429. The van der Waals surface area contributed by atoms with Crippen molar-refractivity contribution in [1.82, 2.24) is 4.90 Å². The molecule has 0 bridgehead atoms. The van der Waals surface area contributed by atoms with Gasteiger partial charge in [0.15, 0.2) is 6.04 Å². The van der Waals surface area contributed by atoms with Gasteiger partial charge in [-0.3, -0.25) is 4.79 Å². The van der Waals surface area contributed by atoms with Crippen molar-refractivity contribution in [2.24, 2.45) is 5.73 Å². The summed E-state index contributed by atoms with van der Waals surface area (Å²) in [7, 11) is 0. The maximum atomic E-state index is 12.1. The Labute approximate surface area is 118 Å². The van der Waals surface area contributed by atoms with E-state index in [0.29, 0.717) is 0 Å². The average molecular weight is 280 g/mol. The van der Waals surface area contributed by atoms with Crippen LogP contribution in [0.2, 0.25) is 0 Å². The number of esters is 1. The highest BCUT2D eigenvalue weighted by atomic mass is 16.5. The summed E-state index contributed by atoms with van der Waals surface area (Å²) in [4.78, 5) is 25.0. The van der Waals surface area contributed by atoms with Crippen LogP contribution in [0.25, 0.3) is 0 Å². The first kappa shape index (κ1) is 16.1. The molecule has 0 heterocycles. The maximum Gasteiger partial charge on any atom is 0.332 e. The molecule has 1 rings (SSSR count). The molecule has 1 aromatic carbocycles. The van der Waals surface area contributed by atoms with E-state index in [1.807, 2.05) is 30.3 Å². The molecule has 0 fully saturated rings. The highest BCUT2D eigenvalue weighted by molar-refractivity contribution is 6.01. The third-order valence-corrected chi connectivity index (χ3v) is 2.70. The van der Waals surface area contributed by atoms with Gasteiger partial charge in [-0.2, -0.15) is 0 Å². The summed E-state index contributed by atoms with van der Waals surface area (Å²) in [6.07, 6.45) is 0. The van der Waals surface area contributed by atoms with Crippen molar-refractivity contribution in [2.75, 3.05) is 19.8 Å². The van der Waals surface area contributed by atoms with Gasteiger partial charge >= 0.3 is 5.97 Å². The van der Waals surface area contributed by atoms with E-state index in [1.165, 1.54) is 4.90 Å². The zero-order valence-corrected chi connectivity index (χ0v) is 11.5. The van der Waals surface area contributed by atoms with Crippen molar-refractivity contribution in [3.8, 4) is 0 Å². The van der Waals surface area contributed by atoms with Crippen LogP contribution in [0.3, 0.4) is 0 Å². The van der Waals surface area contributed by atoms with Crippen molar-refractivity contribution >= 4 is 11.9 Å². The summed E-state index contributed by atoms with van der Waals surface area (Å²) in [5.74, 6) is -1.31. The number of hydrogen-bond donors (Lipinski definition) is 2. The van der Waals surface area contributed by atoms with Crippen LogP contribution < -0.4 is 5.73 Å². The molecular weight excluding hydrogens is 260 g/mol. The molecule has 0 saturated carbocycles. The molecule has 1 amide bonds. The Hall–Kier alpha value is -1.92. The van der Waals surface area contributed by atoms with E-state index < -0.39 is 17.9 Å². The van der Waals surface area contributed by atoms with Gasteiger partial charge in [0.05, 0.1) is 13.2 Å². The monoisotopic (exact) mass is 280 g/mol. The Kier molecular flexibility index (Phi) is 6.69. The van der Waals surface area contributed by atoms with Crippen molar-refractivity contribution in [1.29, 1.82) is 0 Å². The third-order valence-electron chi connectivity index (χ3n) is 2.70. The lowest BCUT2D eigenvalue weighted by Gasteiger charge is -2.24. The molecule has 20 heavy (non-hydrogen) atoms. The molecule has 0 radical (unpaired) electrons. The number of aliphatic hydroxyl groups excluding tert-OH is 1. The van der Waals surface area contributed by atoms with Crippen LogP contribution in [-0.2, 0) is 20.9 Å². The third kappa shape index (κ3) is 4.64. The number of ether oxygens (including phenoxy) is 1. The molecule has 1 aromatic rings. The Balaban J connectivity index is 2.74. The molecule has 1 unspecified atom stereocenters. The van der Waals surface area contributed by atoms with Crippen LogP contribution in [-0.4, -0.2) is 47.7 Å². The smallest absolute Gasteiger partial charge is 0.332 e. The minimum Gasteiger partial charge on any atom is -0.464 e. The van der Waals surface area contributed by atoms with E-state index >= 15 is 0 Å². The first-order chi connectivity index (χ1) is 9.60. The van der Waals surface area contributed by atoms with Crippen LogP contribution in [0.5, 0.6) is 0 Å². The SMILES string of the molecule is CCOC(=O)C(N)C(=O)N(CCO)Cc1ccccc1. The number of nitrogens with zero attached hydrogens (tertiary/aromatic N) is 1. The van der Waals surface area contributed by atoms with Crippen molar-refractivity contribution in [3.63, 3.8) is 0 Å². The van der Waals surface area contributed by atoms with E-state index in [4.69, 9.17) is 15.6 Å². The van der Waals surface area contributed by atoms with Gasteiger partial charge in [0.2, 0.25) is 0 Å². The minimum absolute atomic E-state index is 0.112. The summed E-state index contributed by atoms with van der Waals surface area (Å²) in [5, 5.41) is 9.04. The number of nitrogens with two attached hydrogens (primary N) is 1. The van der Waals surface area contributed by atoms with Crippen LogP contribution in [0, 0.1) is 0 Å². The Morgan fingerprint density at radius 3 is 2.55 bits per heavy atom. The maximum absolute atomic E-state index is 12.1. The first-order valence-electron chi connectivity index (χ1n) is 6.46. The molecule has 0 aliphatic rings. The number of carbonyl (C=O) groups excluding carboxylic acids is 2. The molecule has 0 aliphatic heterocycles. The van der Waals surface area contributed by atoms with E-state index in [2.05, 4.69) is 0 Å². The van der Waals surface area contributed by atoms with E-state index in [1.54, 1.807) is 6.92 Å². The molecule has 0 aliphatic carbocycles. The molecule has 110 valence electrons. The number of carbonyl (C=O) groups is 2. The van der Waals surface area contributed by atoms with Crippen LogP contribution in [0.4, 0.5) is 0 Å². The molecule has 6 nitrogen and oxygen atoms in total. The minimum atomic E-state index is -1.36. The largest absolute Gasteiger partial charge is 0.464 e. The quantitative estimate of drug-likeness (QED) is 0.537. The van der Waals surface area contributed by atoms with E-state index in [9.17, 15) is 9.59 Å². The lowest BCUT2D eigenvalue weighted by molar-refractivity contribution is -0.151. The predicted molar refractivity (Wildman–Crippen MR) is 73.6 cm³/mol. The highest BCUT2D eigenvalue weighted by Gasteiger charge is 2.28. The van der Waals surface area contributed by atoms with Crippen LogP contribution >= 0.6 is 0 Å². The molecule has 0 spiro atoms. The molecule has 0 aromatic heterocycles. The average Bonchev–Trinajstić information content (AvgIpc) is 2.46.